The van der Waals surface area contributed by atoms with E-state index in [0.29, 0.717) is 24.1 Å². The molecule has 0 fully saturated rings. The first-order valence-electron chi connectivity index (χ1n) is 7.98. The molecule has 9 heteroatoms. The zero-order valence-corrected chi connectivity index (χ0v) is 14.7. The van der Waals surface area contributed by atoms with Gasteiger partial charge in [-0.05, 0) is 49.4 Å². The monoisotopic (exact) mass is 386 g/mol. The van der Waals surface area contributed by atoms with Gasteiger partial charge in [0.1, 0.15) is 0 Å². The molecule has 0 aliphatic heterocycles. The minimum Gasteiger partial charge on any atom is -0.362 e. The normalized spacial score (nSPS) is 14.6. The molecule has 1 aliphatic rings. The van der Waals surface area contributed by atoms with Crippen molar-refractivity contribution in [1.82, 2.24) is 4.98 Å². The zero-order chi connectivity index (χ0) is 18.9. The summed E-state index contributed by atoms with van der Waals surface area (Å²) in [6.07, 6.45) is 0.936. The van der Waals surface area contributed by atoms with Crippen LogP contribution in [0.5, 0.6) is 5.88 Å². The molecule has 1 aromatic heterocycles. The number of hydrogen-bond acceptors (Lipinski definition) is 5. The van der Waals surface area contributed by atoms with Crippen molar-refractivity contribution in [2.24, 2.45) is 0 Å². The van der Waals surface area contributed by atoms with E-state index in [0.717, 1.165) is 36.8 Å². The SMILES string of the molecule is CS(=O)(=O)Oc1ncc(Nc2cccc(C(F)(F)F)c2)c2c1CCCC2. The maximum atomic E-state index is 12.9. The van der Waals surface area contributed by atoms with E-state index in [2.05, 4.69) is 10.3 Å². The molecule has 0 unspecified atom stereocenters. The quantitative estimate of drug-likeness (QED) is 0.803. The summed E-state index contributed by atoms with van der Waals surface area (Å²) in [4.78, 5) is 4.06. The second kappa shape index (κ2) is 6.79. The average Bonchev–Trinajstić information content (AvgIpc) is 2.55. The third kappa shape index (κ3) is 4.27. The smallest absolute Gasteiger partial charge is 0.362 e. The van der Waals surface area contributed by atoms with Gasteiger partial charge >= 0.3 is 16.3 Å². The molecule has 1 heterocycles. The molecule has 1 N–H and O–H groups in total. The second-order valence-corrected chi connectivity index (χ2v) is 7.71. The van der Waals surface area contributed by atoms with Crippen LogP contribution in [-0.2, 0) is 29.1 Å². The highest BCUT2D eigenvalue weighted by molar-refractivity contribution is 7.86. The second-order valence-electron chi connectivity index (χ2n) is 6.13. The van der Waals surface area contributed by atoms with E-state index in [9.17, 15) is 21.6 Å². The number of aromatic nitrogens is 1. The van der Waals surface area contributed by atoms with Crippen LogP contribution in [0.2, 0.25) is 0 Å². The number of alkyl halides is 3. The molecule has 0 atom stereocenters. The number of benzene rings is 1. The Morgan fingerprint density at radius 1 is 1.15 bits per heavy atom. The van der Waals surface area contributed by atoms with Crippen LogP contribution < -0.4 is 9.50 Å². The molecule has 1 aromatic carbocycles. The van der Waals surface area contributed by atoms with Crippen LogP contribution in [-0.4, -0.2) is 19.7 Å². The Labute approximate surface area is 149 Å². The van der Waals surface area contributed by atoms with Gasteiger partial charge in [-0.3, -0.25) is 0 Å². The highest BCUT2D eigenvalue weighted by Crippen LogP contribution is 2.36. The number of halogens is 3. The third-order valence-electron chi connectivity index (χ3n) is 4.06. The molecule has 0 radical (unpaired) electrons. The van der Waals surface area contributed by atoms with Crippen molar-refractivity contribution in [3.63, 3.8) is 0 Å². The number of rotatable bonds is 4. The Bertz CT molecular complexity index is 927. The highest BCUT2D eigenvalue weighted by atomic mass is 32.2. The Morgan fingerprint density at radius 2 is 1.85 bits per heavy atom. The van der Waals surface area contributed by atoms with Crippen molar-refractivity contribution < 1.29 is 25.8 Å². The van der Waals surface area contributed by atoms with Gasteiger partial charge in [-0.25, -0.2) is 4.98 Å². The molecule has 0 saturated carbocycles. The molecule has 3 rings (SSSR count). The minimum absolute atomic E-state index is 0.0387. The lowest BCUT2D eigenvalue weighted by atomic mass is 9.91. The first-order valence-corrected chi connectivity index (χ1v) is 9.79. The third-order valence-corrected chi connectivity index (χ3v) is 4.52. The van der Waals surface area contributed by atoms with E-state index in [1.54, 1.807) is 0 Å². The van der Waals surface area contributed by atoms with Gasteiger partial charge in [-0.15, -0.1) is 0 Å². The number of nitrogens with one attached hydrogen (secondary N) is 1. The van der Waals surface area contributed by atoms with Gasteiger partial charge in [-0.2, -0.15) is 21.6 Å². The molecule has 2 aromatic rings. The number of fused-ring (bicyclic) bond motifs is 1. The van der Waals surface area contributed by atoms with Crippen LogP contribution in [0.15, 0.2) is 30.5 Å². The first kappa shape index (κ1) is 18.5. The van der Waals surface area contributed by atoms with Crippen molar-refractivity contribution >= 4 is 21.5 Å². The molecule has 0 amide bonds. The van der Waals surface area contributed by atoms with Gasteiger partial charge in [0.2, 0.25) is 5.88 Å². The van der Waals surface area contributed by atoms with Crippen molar-refractivity contribution in [1.29, 1.82) is 0 Å². The lowest BCUT2D eigenvalue weighted by Gasteiger charge is -2.22. The van der Waals surface area contributed by atoms with Gasteiger partial charge in [0.05, 0.1) is 23.7 Å². The van der Waals surface area contributed by atoms with Gasteiger partial charge in [0.25, 0.3) is 0 Å². The maximum Gasteiger partial charge on any atom is 0.416 e. The summed E-state index contributed by atoms with van der Waals surface area (Å²) < 4.78 is 66.4. The Balaban J connectivity index is 1.97. The maximum absolute atomic E-state index is 12.9. The largest absolute Gasteiger partial charge is 0.416 e. The highest BCUT2D eigenvalue weighted by Gasteiger charge is 2.30. The van der Waals surface area contributed by atoms with Gasteiger partial charge in [0.15, 0.2) is 0 Å². The predicted octanol–water partition coefficient (Wildman–Crippen LogP) is 4.06. The van der Waals surface area contributed by atoms with E-state index in [1.165, 1.54) is 18.3 Å². The van der Waals surface area contributed by atoms with Crippen LogP contribution in [0.4, 0.5) is 24.5 Å². The summed E-state index contributed by atoms with van der Waals surface area (Å²) in [5.41, 5.74) is 1.59. The molecular weight excluding hydrogens is 369 g/mol. The molecule has 1 aliphatic carbocycles. The Kier molecular flexibility index (Phi) is 4.83. The zero-order valence-electron chi connectivity index (χ0n) is 13.9. The molecule has 26 heavy (non-hydrogen) atoms. The van der Waals surface area contributed by atoms with E-state index >= 15 is 0 Å². The lowest BCUT2D eigenvalue weighted by Crippen LogP contribution is -2.14. The van der Waals surface area contributed by atoms with Crippen molar-refractivity contribution in [2.45, 2.75) is 31.9 Å². The Hall–Kier alpha value is -2.29. The van der Waals surface area contributed by atoms with E-state index in [1.807, 2.05) is 0 Å². The fourth-order valence-corrected chi connectivity index (χ4v) is 3.40. The van der Waals surface area contributed by atoms with Crippen molar-refractivity contribution in [3.8, 4) is 5.88 Å². The lowest BCUT2D eigenvalue weighted by molar-refractivity contribution is -0.137. The molecule has 5 nitrogen and oxygen atoms in total. The summed E-state index contributed by atoms with van der Waals surface area (Å²) in [7, 11) is -3.71. The van der Waals surface area contributed by atoms with Gasteiger partial charge in [-0.1, -0.05) is 6.07 Å². The van der Waals surface area contributed by atoms with E-state index in [-0.39, 0.29) is 11.6 Å². The molecule has 0 saturated heterocycles. The fraction of sp³-hybridized carbons (Fsp3) is 0.353. The van der Waals surface area contributed by atoms with Crippen LogP contribution >= 0.6 is 0 Å². The summed E-state index contributed by atoms with van der Waals surface area (Å²) >= 11 is 0. The first-order chi connectivity index (χ1) is 12.1. The van der Waals surface area contributed by atoms with Crippen LogP contribution in [0, 0.1) is 0 Å². The molecule has 0 bridgehead atoms. The summed E-state index contributed by atoms with van der Waals surface area (Å²) in [5, 5.41) is 2.97. The van der Waals surface area contributed by atoms with E-state index in [4.69, 9.17) is 4.18 Å². The van der Waals surface area contributed by atoms with E-state index < -0.39 is 21.9 Å². The fourth-order valence-electron chi connectivity index (χ4n) is 2.97. The molecular formula is C17H17F3N2O3S. The standard InChI is InChI=1S/C17H17F3N2O3S/c1-26(23,24)25-16-14-8-3-2-7-13(14)15(10-21-16)22-12-6-4-5-11(9-12)17(18,19)20/h4-6,9-10,22H,2-3,7-8H2,1H3. The summed E-state index contributed by atoms with van der Waals surface area (Å²) in [5.74, 6) is 0.0387. The van der Waals surface area contributed by atoms with Gasteiger partial charge in [0, 0.05) is 11.3 Å². The number of hydrogen-bond donors (Lipinski definition) is 1. The Morgan fingerprint density at radius 3 is 2.50 bits per heavy atom. The molecule has 140 valence electrons. The van der Waals surface area contributed by atoms with Gasteiger partial charge < -0.3 is 9.50 Å². The molecule has 0 spiro atoms. The van der Waals surface area contributed by atoms with Crippen LogP contribution in [0.1, 0.15) is 29.5 Å². The van der Waals surface area contributed by atoms with Crippen LogP contribution in [0.3, 0.4) is 0 Å². The predicted molar refractivity (Wildman–Crippen MR) is 91.1 cm³/mol. The van der Waals surface area contributed by atoms with Crippen molar-refractivity contribution in [3.05, 3.63) is 47.2 Å². The average molecular weight is 386 g/mol. The topological polar surface area (TPSA) is 68.3 Å². The number of pyridine rings is 1. The number of nitrogens with zero attached hydrogens (tertiary/aromatic N) is 1. The summed E-state index contributed by atoms with van der Waals surface area (Å²) in [6.45, 7) is 0. The number of anilines is 2. The minimum atomic E-state index is -4.43. The summed E-state index contributed by atoms with van der Waals surface area (Å²) in [6, 6.07) is 4.88. The van der Waals surface area contributed by atoms with Crippen LogP contribution in [0.25, 0.3) is 0 Å². The van der Waals surface area contributed by atoms with Crippen molar-refractivity contribution in [2.75, 3.05) is 11.6 Å².